The summed E-state index contributed by atoms with van der Waals surface area (Å²) in [5.41, 5.74) is 5.09. The van der Waals surface area contributed by atoms with E-state index >= 15 is 0 Å². The van der Waals surface area contributed by atoms with E-state index in [9.17, 15) is 4.79 Å². The fourth-order valence-electron chi connectivity index (χ4n) is 4.33. The quantitative estimate of drug-likeness (QED) is 0.651. The predicted molar refractivity (Wildman–Crippen MR) is 125 cm³/mol. The molecule has 162 valence electrons. The number of aryl methyl sites for hydroxylation is 1. The van der Waals surface area contributed by atoms with Gasteiger partial charge < -0.3 is 15.0 Å². The molecule has 30 heavy (non-hydrogen) atoms. The number of carbonyl (C=O) groups excluding carboxylic acids is 1. The third kappa shape index (κ3) is 4.97. The van der Waals surface area contributed by atoms with Crippen LogP contribution in [0.2, 0.25) is 0 Å². The largest absolute Gasteiger partial charge is 0.496 e. The van der Waals surface area contributed by atoms with Crippen molar-refractivity contribution in [2.24, 2.45) is 5.92 Å². The summed E-state index contributed by atoms with van der Waals surface area (Å²) in [5.74, 6) is 1.84. The molecule has 1 aliphatic rings. The van der Waals surface area contributed by atoms with Crippen LogP contribution in [0.5, 0.6) is 5.75 Å². The summed E-state index contributed by atoms with van der Waals surface area (Å²) >= 11 is 0. The molecule has 2 aromatic carbocycles. The Labute approximate surface area is 181 Å². The summed E-state index contributed by atoms with van der Waals surface area (Å²) in [5, 5.41) is 3.17. The normalized spacial score (nSPS) is 17.7. The lowest BCUT2D eigenvalue weighted by molar-refractivity contribution is 0.0939. The van der Waals surface area contributed by atoms with E-state index in [1.807, 2.05) is 26.0 Å². The van der Waals surface area contributed by atoms with Crippen molar-refractivity contribution < 1.29 is 9.53 Å². The number of nitrogens with one attached hydrogen (secondary N) is 1. The predicted octanol–water partition coefficient (Wildman–Crippen LogP) is 5.85. The van der Waals surface area contributed by atoms with E-state index in [4.69, 9.17) is 4.74 Å². The highest BCUT2D eigenvalue weighted by atomic mass is 16.5. The highest BCUT2D eigenvalue weighted by molar-refractivity contribution is 5.96. The number of piperidine rings is 1. The van der Waals surface area contributed by atoms with Crippen molar-refractivity contribution in [1.82, 2.24) is 5.32 Å². The number of nitrogens with zero attached hydrogens (tertiary/aromatic N) is 1. The van der Waals surface area contributed by atoms with E-state index in [0.717, 1.165) is 41.4 Å². The van der Waals surface area contributed by atoms with Gasteiger partial charge in [-0.1, -0.05) is 32.9 Å². The van der Waals surface area contributed by atoms with Crippen molar-refractivity contribution in [3.05, 3.63) is 58.7 Å². The van der Waals surface area contributed by atoms with Crippen LogP contribution in [0, 0.1) is 12.8 Å². The minimum Gasteiger partial charge on any atom is -0.496 e. The fourth-order valence-corrected chi connectivity index (χ4v) is 4.33. The Morgan fingerprint density at radius 1 is 1.17 bits per heavy atom. The maximum absolute atomic E-state index is 13.0. The van der Waals surface area contributed by atoms with Crippen LogP contribution in [-0.4, -0.2) is 26.1 Å². The summed E-state index contributed by atoms with van der Waals surface area (Å²) in [4.78, 5) is 15.5. The van der Waals surface area contributed by atoms with Gasteiger partial charge in [-0.3, -0.25) is 4.79 Å². The van der Waals surface area contributed by atoms with Crippen LogP contribution in [0.3, 0.4) is 0 Å². The van der Waals surface area contributed by atoms with Crippen molar-refractivity contribution in [1.29, 1.82) is 0 Å². The van der Waals surface area contributed by atoms with Crippen LogP contribution in [0.15, 0.2) is 36.4 Å². The zero-order valence-electron chi connectivity index (χ0n) is 19.3. The SMILES string of the molecule is COc1cc(C)c(C(=O)N[C@@H](C)c2ccc(N3CCC[C@@H](C)C3)cc2)cc1C(C)C. The summed E-state index contributed by atoms with van der Waals surface area (Å²) in [6, 6.07) is 12.5. The molecule has 2 atom stereocenters. The van der Waals surface area contributed by atoms with Crippen LogP contribution >= 0.6 is 0 Å². The Morgan fingerprint density at radius 2 is 1.87 bits per heavy atom. The molecular weight excluding hydrogens is 372 g/mol. The number of benzene rings is 2. The van der Waals surface area contributed by atoms with Gasteiger partial charge >= 0.3 is 0 Å². The lowest BCUT2D eigenvalue weighted by Crippen LogP contribution is -2.34. The first-order chi connectivity index (χ1) is 14.3. The number of carbonyl (C=O) groups is 1. The van der Waals surface area contributed by atoms with E-state index in [1.165, 1.54) is 18.5 Å². The number of amides is 1. The van der Waals surface area contributed by atoms with E-state index in [-0.39, 0.29) is 17.9 Å². The van der Waals surface area contributed by atoms with Crippen LogP contribution < -0.4 is 15.0 Å². The van der Waals surface area contributed by atoms with Crippen molar-refractivity contribution in [2.45, 2.75) is 59.4 Å². The van der Waals surface area contributed by atoms with Crippen LogP contribution in [0.1, 0.15) is 79.5 Å². The highest BCUT2D eigenvalue weighted by Gasteiger charge is 2.19. The van der Waals surface area contributed by atoms with Gasteiger partial charge in [-0.05, 0) is 79.5 Å². The summed E-state index contributed by atoms with van der Waals surface area (Å²) in [6.45, 7) is 12.8. The molecule has 0 bridgehead atoms. The molecule has 0 saturated carbocycles. The van der Waals surface area contributed by atoms with Gasteiger partial charge in [0, 0.05) is 24.3 Å². The molecule has 1 heterocycles. The average molecular weight is 409 g/mol. The van der Waals surface area contributed by atoms with Crippen molar-refractivity contribution in [3.63, 3.8) is 0 Å². The third-order valence-electron chi connectivity index (χ3n) is 6.21. The molecule has 0 unspecified atom stereocenters. The van der Waals surface area contributed by atoms with E-state index in [2.05, 4.69) is 55.3 Å². The van der Waals surface area contributed by atoms with Crippen molar-refractivity contribution in [2.75, 3.05) is 25.1 Å². The summed E-state index contributed by atoms with van der Waals surface area (Å²) in [7, 11) is 1.68. The second-order valence-electron chi connectivity index (χ2n) is 9.04. The second kappa shape index (κ2) is 9.55. The number of methoxy groups -OCH3 is 1. The van der Waals surface area contributed by atoms with Gasteiger partial charge in [0.1, 0.15) is 5.75 Å². The Balaban J connectivity index is 1.72. The molecule has 0 radical (unpaired) electrons. The number of hydrogen-bond acceptors (Lipinski definition) is 3. The van der Waals surface area contributed by atoms with Gasteiger partial charge in [0.2, 0.25) is 0 Å². The number of rotatable bonds is 6. The topological polar surface area (TPSA) is 41.6 Å². The molecular formula is C26H36N2O2. The van der Waals surface area contributed by atoms with Gasteiger partial charge in [-0.15, -0.1) is 0 Å². The van der Waals surface area contributed by atoms with Gasteiger partial charge in [0.15, 0.2) is 0 Å². The first kappa shape index (κ1) is 22.2. The monoisotopic (exact) mass is 408 g/mol. The maximum atomic E-state index is 13.0. The van der Waals surface area contributed by atoms with E-state index in [0.29, 0.717) is 5.56 Å². The Bertz CT molecular complexity index is 873. The molecule has 4 heteroatoms. The van der Waals surface area contributed by atoms with Gasteiger partial charge in [0.25, 0.3) is 5.91 Å². The van der Waals surface area contributed by atoms with Gasteiger partial charge in [-0.2, -0.15) is 0 Å². The maximum Gasteiger partial charge on any atom is 0.252 e. The van der Waals surface area contributed by atoms with Gasteiger partial charge in [0.05, 0.1) is 13.2 Å². The Hall–Kier alpha value is -2.49. The van der Waals surface area contributed by atoms with Crippen molar-refractivity contribution in [3.8, 4) is 5.75 Å². The molecule has 0 aliphatic carbocycles. The molecule has 1 fully saturated rings. The molecule has 1 aliphatic heterocycles. The summed E-state index contributed by atoms with van der Waals surface area (Å²) < 4.78 is 5.50. The Kier molecular flexibility index (Phi) is 7.06. The lowest BCUT2D eigenvalue weighted by atomic mass is 9.95. The first-order valence-corrected chi connectivity index (χ1v) is 11.1. The van der Waals surface area contributed by atoms with E-state index < -0.39 is 0 Å². The highest BCUT2D eigenvalue weighted by Crippen LogP contribution is 2.30. The first-order valence-electron chi connectivity index (χ1n) is 11.1. The molecule has 1 saturated heterocycles. The van der Waals surface area contributed by atoms with Crippen molar-refractivity contribution >= 4 is 11.6 Å². The molecule has 2 aromatic rings. The molecule has 3 rings (SSSR count). The fraction of sp³-hybridized carbons (Fsp3) is 0.500. The number of hydrogen-bond donors (Lipinski definition) is 1. The standard InChI is InChI=1S/C26H36N2O2/c1-17(2)23-15-24(19(4)14-25(23)30-6)26(29)27-20(5)21-9-11-22(12-10-21)28-13-7-8-18(3)16-28/h9-12,14-15,17-18,20H,7-8,13,16H2,1-6H3,(H,27,29)/t18-,20+/m1/s1. The molecule has 0 aromatic heterocycles. The van der Waals surface area contributed by atoms with Crippen LogP contribution in [-0.2, 0) is 0 Å². The van der Waals surface area contributed by atoms with Crippen LogP contribution in [0.4, 0.5) is 5.69 Å². The Morgan fingerprint density at radius 3 is 2.47 bits per heavy atom. The zero-order valence-corrected chi connectivity index (χ0v) is 19.3. The van der Waals surface area contributed by atoms with E-state index in [1.54, 1.807) is 7.11 Å². The van der Waals surface area contributed by atoms with Crippen LogP contribution in [0.25, 0.3) is 0 Å². The van der Waals surface area contributed by atoms with Gasteiger partial charge in [-0.25, -0.2) is 0 Å². The minimum absolute atomic E-state index is 0.0431. The smallest absolute Gasteiger partial charge is 0.252 e. The second-order valence-corrected chi connectivity index (χ2v) is 9.04. The minimum atomic E-state index is -0.0594. The molecule has 0 spiro atoms. The average Bonchev–Trinajstić information content (AvgIpc) is 2.73. The molecule has 1 N–H and O–H groups in total. The third-order valence-corrected chi connectivity index (χ3v) is 6.21. The molecule has 1 amide bonds. The zero-order chi connectivity index (χ0) is 21.8. The lowest BCUT2D eigenvalue weighted by Gasteiger charge is -2.33. The number of anilines is 1. The number of ether oxygens (including phenoxy) is 1. The summed E-state index contributed by atoms with van der Waals surface area (Å²) in [6.07, 6.45) is 2.58. The molecule has 4 nitrogen and oxygen atoms in total.